The summed E-state index contributed by atoms with van der Waals surface area (Å²) in [7, 11) is 0. The molecular weight excluding hydrogens is 510 g/mol. The number of rotatable bonds is 6. The molecule has 0 aliphatic rings. The summed E-state index contributed by atoms with van der Waals surface area (Å²) in [5.74, 6) is -0.472. The summed E-state index contributed by atoms with van der Waals surface area (Å²) in [4.78, 5) is 16.4. The number of carbonyl (C=O) groups is 1. The fourth-order valence-electron chi connectivity index (χ4n) is 2.91. The predicted molar refractivity (Wildman–Crippen MR) is 121 cm³/mol. The van der Waals surface area contributed by atoms with E-state index in [9.17, 15) is 23.1 Å². The Morgan fingerprint density at radius 2 is 1.57 bits per heavy atom. The fourth-order valence-corrected chi connectivity index (χ4v) is 3.40. The Balaban J connectivity index is 1.34. The number of phenols is 1. The third kappa shape index (κ3) is 5.84. The number of halogens is 5. The average Bonchev–Trinajstić information content (AvgIpc) is 3.32. The summed E-state index contributed by atoms with van der Waals surface area (Å²) in [6.45, 7) is 0.133. The Morgan fingerprint density at radius 1 is 1.00 bits per heavy atom. The van der Waals surface area contributed by atoms with Crippen LogP contribution in [0.3, 0.4) is 0 Å². The molecule has 0 aliphatic heterocycles. The van der Waals surface area contributed by atoms with Crippen LogP contribution >= 0.6 is 23.2 Å². The third-order valence-electron chi connectivity index (χ3n) is 4.69. The van der Waals surface area contributed by atoms with Crippen molar-refractivity contribution in [2.24, 2.45) is 0 Å². The summed E-state index contributed by atoms with van der Waals surface area (Å²) >= 11 is 11.8. The first-order valence-corrected chi connectivity index (χ1v) is 10.6. The number of hydrogen-bond donors (Lipinski definition) is 2. The third-order valence-corrected chi connectivity index (χ3v) is 5.27. The molecule has 1 amide bonds. The number of amides is 1. The van der Waals surface area contributed by atoms with Crippen LogP contribution in [0.25, 0.3) is 11.4 Å². The lowest BCUT2D eigenvalue weighted by atomic mass is 10.2. The van der Waals surface area contributed by atoms with Gasteiger partial charge in [-0.25, -0.2) is 0 Å². The summed E-state index contributed by atoms with van der Waals surface area (Å²) in [5, 5.41) is 16.0. The number of carbonyl (C=O) groups excluding carboxylic acids is 1. The standard InChI is InChI=1S/C23H14Cl2F3N3O4/c24-17-9-13(10-18(25)19(17)32)20-30-22(35-31-20)21(33)29-11-12-1-5-15(6-2-12)34-16-7-3-14(4-8-16)23(26,27)28/h1-10,32H,11H2,(H,29,33). The minimum Gasteiger partial charge on any atom is -0.505 e. The molecule has 2 N–H and O–H groups in total. The van der Waals surface area contributed by atoms with E-state index in [0.29, 0.717) is 11.3 Å². The minimum absolute atomic E-state index is 0.00551. The van der Waals surface area contributed by atoms with Crippen molar-refractivity contribution in [1.29, 1.82) is 0 Å². The monoisotopic (exact) mass is 523 g/mol. The molecule has 4 aromatic rings. The van der Waals surface area contributed by atoms with Crippen LogP contribution in [-0.2, 0) is 12.7 Å². The first kappa shape index (κ1) is 24.4. The molecule has 3 aromatic carbocycles. The van der Waals surface area contributed by atoms with E-state index in [-0.39, 0.29) is 39.8 Å². The van der Waals surface area contributed by atoms with Crippen LogP contribution in [0.5, 0.6) is 17.2 Å². The van der Waals surface area contributed by atoms with Gasteiger partial charge in [-0.3, -0.25) is 4.79 Å². The van der Waals surface area contributed by atoms with Gasteiger partial charge in [0.1, 0.15) is 11.5 Å². The molecule has 0 fully saturated rings. The van der Waals surface area contributed by atoms with Crippen molar-refractivity contribution < 1.29 is 32.3 Å². The van der Waals surface area contributed by atoms with Gasteiger partial charge in [-0.1, -0.05) is 40.5 Å². The van der Waals surface area contributed by atoms with Crippen molar-refractivity contribution in [3.8, 4) is 28.6 Å². The van der Waals surface area contributed by atoms with E-state index >= 15 is 0 Å². The van der Waals surface area contributed by atoms with E-state index in [0.717, 1.165) is 17.7 Å². The maximum absolute atomic E-state index is 12.6. The highest BCUT2D eigenvalue weighted by atomic mass is 35.5. The second kappa shape index (κ2) is 9.85. The molecule has 0 aliphatic carbocycles. The molecule has 4 rings (SSSR count). The van der Waals surface area contributed by atoms with E-state index in [2.05, 4.69) is 15.5 Å². The van der Waals surface area contributed by atoms with Crippen LogP contribution in [-0.4, -0.2) is 21.2 Å². The molecule has 0 unspecified atom stereocenters. The van der Waals surface area contributed by atoms with Crippen molar-refractivity contribution in [2.45, 2.75) is 12.7 Å². The Labute approximate surface area is 206 Å². The van der Waals surface area contributed by atoms with Gasteiger partial charge in [0.25, 0.3) is 0 Å². The largest absolute Gasteiger partial charge is 0.505 e. The normalized spacial score (nSPS) is 11.3. The van der Waals surface area contributed by atoms with E-state index in [1.807, 2.05) is 0 Å². The molecule has 12 heteroatoms. The molecule has 0 radical (unpaired) electrons. The van der Waals surface area contributed by atoms with Crippen LogP contribution in [0.4, 0.5) is 13.2 Å². The molecule has 35 heavy (non-hydrogen) atoms. The molecule has 0 bridgehead atoms. The number of ether oxygens (including phenoxy) is 1. The van der Waals surface area contributed by atoms with Crippen molar-refractivity contribution in [2.75, 3.05) is 0 Å². The number of benzene rings is 3. The zero-order chi connectivity index (χ0) is 25.2. The highest BCUT2D eigenvalue weighted by Gasteiger charge is 2.30. The highest BCUT2D eigenvalue weighted by molar-refractivity contribution is 6.37. The molecular formula is C23H14Cl2F3N3O4. The lowest BCUT2D eigenvalue weighted by Crippen LogP contribution is -2.23. The van der Waals surface area contributed by atoms with Gasteiger partial charge in [-0.05, 0) is 54.1 Å². The Kier molecular flexibility index (Phi) is 6.86. The fraction of sp³-hybridized carbons (Fsp3) is 0.0870. The van der Waals surface area contributed by atoms with E-state index < -0.39 is 17.6 Å². The molecule has 1 aromatic heterocycles. The summed E-state index contributed by atoms with van der Waals surface area (Å²) < 4.78 is 48.5. The smallest absolute Gasteiger partial charge is 0.416 e. The molecule has 0 saturated carbocycles. The number of alkyl halides is 3. The van der Waals surface area contributed by atoms with Crippen LogP contribution in [0.2, 0.25) is 10.0 Å². The Bertz CT molecular complexity index is 1330. The van der Waals surface area contributed by atoms with Gasteiger partial charge in [-0.15, -0.1) is 0 Å². The van der Waals surface area contributed by atoms with Crippen molar-refractivity contribution in [3.05, 3.63) is 87.7 Å². The first-order valence-electron chi connectivity index (χ1n) is 9.84. The number of nitrogens with one attached hydrogen (secondary N) is 1. The van der Waals surface area contributed by atoms with Crippen molar-refractivity contribution in [3.63, 3.8) is 0 Å². The van der Waals surface area contributed by atoms with Gasteiger partial charge in [-0.2, -0.15) is 18.2 Å². The van der Waals surface area contributed by atoms with Crippen LogP contribution in [0.15, 0.2) is 65.2 Å². The molecule has 7 nitrogen and oxygen atoms in total. The lowest BCUT2D eigenvalue weighted by molar-refractivity contribution is -0.137. The first-order chi connectivity index (χ1) is 16.6. The van der Waals surface area contributed by atoms with Crippen LogP contribution in [0, 0.1) is 0 Å². The van der Waals surface area contributed by atoms with E-state index in [4.69, 9.17) is 32.5 Å². The van der Waals surface area contributed by atoms with Gasteiger partial charge in [0.2, 0.25) is 5.82 Å². The van der Waals surface area contributed by atoms with Gasteiger partial charge >= 0.3 is 18.0 Å². The number of aromatic nitrogens is 2. The predicted octanol–water partition coefficient (Wildman–Crippen LogP) is 6.49. The molecule has 0 atom stereocenters. The number of nitrogens with zero attached hydrogens (tertiary/aromatic N) is 2. The van der Waals surface area contributed by atoms with Crippen LogP contribution < -0.4 is 10.1 Å². The molecule has 0 saturated heterocycles. The number of aromatic hydroxyl groups is 1. The minimum atomic E-state index is -4.42. The second-order valence-electron chi connectivity index (χ2n) is 7.16. The van der Waals surface area contributed by atoms with Crippen LogP contribution in [0.1, 0.15) is 21.8 Å². The maximum atomic E-state index is 12.6. The zero-order valence-electron chi connectivity index (χ0n) is 17.4. The van der Waals surface area contributed by atoms with E-state index in [1.54, 1.807) is 24.3 Å². The van der Waals surface area contributed by atoms with Crippen molar-refractivity contribution in [1.82, 2.24) is 15.5 Å². The second-order valence-corrected chi connectivity index (χ2v) is 7.98. The van der Waals surface area contributed by atoms with Gasteiger partial charge in [0, 0.05) is 12.1 Å². The SMILES string of the molecule is O=C(NCc1ccc(Oc2ccc(C(F)(F)F)cc2)cc1)c1nc(-c2cc(Cl)c(O)c(Cl)c2)no1. The quantitative estimate of drug-likeness (QED) is 0.299. The summed E-state index contributed by atoms with van der Waals surface area (Å²) in [6.07, 6.45) is -4.42. The molecule has 0 spiro atoms. The van der Waals surface area contributed by atoms with Crippen molar-refractivity contribution >= 4 is 29.1 Å². The number of phenolic OH excluding ortho intramolecular Hbond substituents is 1. The topological polar surface area (TPSA) is 97.5 Å². The Hall–Kier alpha value is -3.76. The summed E-state index contributed by atoms with van der Waals surface area (Å²) in [6, 6.07) is 13.7. The zero-order valence-corrected chi connectivity index (χ0v) is 18.9. The maximum Gasteiger partial charge on any atom is 0.416 e. The summed E-state index contributed by atoms with van der Waals surface area (Å²) in [5.41, 5.74) is 0.305. The van der Waals surface area contributed by atoms with E-state index in [1.165, 1.54) is 24.3 Å². The van der Waals surface area contributed by atoms with Gasteiger partial charge in [0.15, 0.2) is 5.75 Å². The highest BCUT2D eigenvalue weighted by Crippen LogP contribution is 2.35. The Morgan fingerprint density at radius 3 is 2.14 bits per heavy atom. The lowest BCUT2D eigenvalue weighted by Gasteiger charge is -2.09. The average molecular weight is 524 g/mol. The van der Waals surface area contributed by atoms with Gasteiger partial charge in [0.05, 0.1) is 15.6 Å². The van der Waals surface area contributed by atoms with Gasteiger partial charge < -0.3 is 19.7 Å². The molecule has 1 heterocycles. The molecule has 180 valence electrons. The number of hydrogen-bond acceptors (Lipinski definition) is 6.